The molecule has 3 nitrogen and oxygen atoms in total. The first kappa shape index (κ1) is 18.3. The minimum Gasteiger partial charge on any atom is -0.448 e. The van der Waals surface area contributed by atoms with Gasteiger partial charge in [-0.15, -0.1) is 12.3 Å². The number of benzene rings is 2. The van der Waals surface area contributed by atoms with Gasteiger partial charge in [0.2, 0.25) is 0 Å². The third-order valence-corrected chi connectivity index (χ3v) is 7.03. The van der Waals surface area contributed by atoms with Crippen LogP contribution in [0.25, 0.3) is 11.1 Å². The monoisotopic (exact) mass is 385 g/mol. The molecule has 1 amide bonds. The lowest BCUT2D eigenvalue weighted by atomic mass is 9.77. The summed E-state index contributed by atoms with van der Waals surface area (Å²) >= 11 is 0. The van der Waals surface area contributed by atoms with Crippen LogP contribution in [0.15, 0.2) is 48.5 Å². The van der Waals surface area contributed by atoms with E-state index in [-0.39, 0.29) is 24.1 Å². The van der Waals surface area contributed by atoms with Crippen molar-refractivity contribution in [1.29, 1.82) is 0 Å². The van der Waals surface area contributed by atoms with E-state index in [0.717, 1.165) is 32.1 Å². The number of carbonyl (C=O) groups is 1. The fourth-order valence-corrected chi connectivity index (χ4v) is 5.79. The van der Waals surface area contributed by atoms with Crippen molar-refractivity contribution >= 4 is 6.09 Å². The third kappa shape index (κ3) is 3.21. The molecule has 148 valence electrons. The minimum absolute atomic E-state index is 0.116. The predicted octanol–water partition coefficient (Wildman–Crippen LogP) is 5.59. The van der Waals surface area contributed by atoms with Gasteiger partial charge in [-0.2, -0.15) is 0 Å². The summed E-state index contributed by atoms with van der Waals surface area (Å²) in [5.41, 5.74) is 5.04. The van der Waals surface area contributed by atoms with E-state index in [9.17, 15) is 4.79 Å². The summed E-state index contributed by atoms with van der Waals surface area (Å²) in [6.45, 7) is 0.399. The van der Waals surface area contributed by atoms with E-state index >= 15 is 0 Å². The average Bonchev–Trinajstić information content (AvgIpc) is 3.05. The quantitative estimate of drug-likeness (QED) is 0.645. The molecule has 2 unspecified atom stereocenters. The van der Waals surface area contributed by atoms with Crippen LogP contribution in [0.5, 0.6) is 0 Å². The predicted molar refractivity (Wildman–Crippen MR) is 115 cm³/mol. The molecule has 0 aromatic heterocycles. The molecule has 0 spiro atoms. The van der Waals surface area contributed by atoms with E-state index in [1.807, 2.05) is 4.90 Å². The molecule has 2 fully saturated rings. The zero-order valence-corrected chi connectivity index (χ0v) is 16.7. The number of amides is 1. The maximum Gasteiger partial charge on any atom is 0.410 e. The highest BCUT2D eigenvalue weighted by molar-refractivity contribution is 5.79. The highest BCUT2D eigenvalue weighted by atomic mass is 16.6. The van der Waals surface area contributed by atoms with Crippen molar-refractivity contribution < 1.29 is 9.53 Å². The number of hydrogen-bond donors (Lipinski definition) is 0. The van der Waals surface area contributed by atoms with Crippen LogP contribution in [-0.2, 0) is 4.74 Å². The molecule has 2 atom stereocenters. The third-order valence-electron chi connectivity index (χ3n) is 7.03. The van der Waals surface area contributed by atoms with Gasteiger partial charge in [0.05, 0.1) is 0 Å². The van der Waals surface area contributed by atoms with Crippen LogP contribution in [0.2, 0.25) is 0 Å². The standard InChI is InChI=1S/C26H27NO2/c1-2-8-18-15-19-9-7-10-20(16-18)27(19)26(28)29-17-25-23-13-5-3-11-21(23)22-12-4-6-14-24(22)25/h1,3-6,11-14,18-20,25H,7-10,15-17H2. The molecule has 0 radical (unpaired) electrons. The second-order valence-electron chi connectivity index (χ2n) is 8.70. The number of carbonyl (C=O) groups excluding carboxylic acids is 1. The molecule has 3 heteroatoms. The summed E-state index contributed by atoms with van der Waals surface area (Å²) in [5.74, 6) is 3.48. The Bertz CT molecular complexity index is 900. The van der Waals surface area contributed by atoms with Gasteiger partial charge in [0, 0.05) is 24.4 Å². The Morgan fingerprint density at radius 1 is 1.00 bits per heavy atom. The molecule has 2 aliphatic heterocycles. The summed E-state index contributed by atoms with van der Waals surface area (Å²) in [6, 6.07) is 17.5. The first-order chi connectivity index (χ1) is 14.3. The van der Waals surface area contributed by atoms with E-state index in [1.165, 1.54) is 28.7 Å². The van der Waals surface area contributed by atoms with Crippen LogP contribution in [0.3, 0.4) is 0 Å². The highest BCUT2D eigenvalue weighted by Crippen LogP contribution is 2.45. The van der Waals surface area contributed by atoms with Gasteiger partial charge in [0.15, 0.2) is 0 Å². The van der Waals surface area contributed by atoms with Gasteiger partial charge in [0.25, 0.3) is 0 Å². The zero-order chi connectivity index (χ0) is 19.8. The summed E-state index contributed by atoms with van der Waals surface area (Å²) < 4.78 is 5.96. The van der Waals surface area contributed by atoms with Gasteiger partial charge in [-0.05, 0) is 60.3 Å². The Kier molecular flexibility index (Phi) is 4.79. The average molecular weight is 386 g/mol. The lowest BCUT2D eigenvalue weighted by Gasteiger charge is -2.48. The Hall–Kier alpha value is -2.73. The summed E-state index contributed by atoms with van der Waals surface area (Å²) in [6.07, 6.45) is 11.6. The van der Waals surface area contributed by atoms with Crippen LogP contribution in [0, 0.1) is 18.3 Å². The van der Waals surface area contributed by atoms with Crippen LogP contribution in [0.1, 0.15) is 55.6 Å². The fourth-order valence-electron chi connectivity index (χ4n) is 5.79. The lowest BCUT2D eigenvalue weighted by Crippen LogP contribution is -2.55. The number of piperidine rings is 2. The molecule has 1 aliphatic carbocycles. The van der Waals surface area contributed by atoms with Gasteiger partial charge >= 0.3 is 6.09 Å². The molecule has 2 heterocycles. The van der Waals surface area contributed by atoms with Crippen LogP contribution in [0.4, 0.5) is 4.79 Å². The number of hydrogen-bond acceptors (Lipinski definition) is 2. The van der Waals surface area contributed by atoms with Crippen molar-refractivity contribution in [2.75, 3.05) is 6.61 Å². The van der Waals surface area contributed by atoms with Crippen molar-refractivity contribution in [3.63, 3.8) is 0 Å². The smallest absolute Gasteiger partial charge is 0.410 e. The SMILES string of the molecule is C#CCC1CC2CCCC(C1)N2C(=O)OCC1c2ccccc2-c2ccccc21. The van der Waals surface area contributed by atoms with Crippen LogP contribution < -0.4 is 0 Å². The van der Waals surface area contributed by atoms with E-state index < -0.39 is 0 Å². The highest BCUT2D eigenvalue weighted by Gasteiger charge is 2.41. The van der Waals surface area contributed by atoms with Crippen molar-refractivity contribution in [1.82, 2.24) is 4.90 Å². The van der Waals surface area contributed by atoms with E-state index in [4.69, 9.17) is 11.2 Å². The Morgan fingerprint density at radius 2 is 1.59 bits per heavy atom. The van der Waals surface area contributed by atoms with Gasteiger partial charge in [-0.1, -0.05) is 48.5 Å². The summed E-state index contributed by atoms with van der Waals surface area (Å²) in [4.78, 5) is 15.2. The van der Waals surface area contributed by atoms with Gasteiger partial charge in [0.1, 0.15) is 6.61 Å². The van der Waals surface area contributed by atoms with E-state index in [1.54, 1.807) is 0 Å². The number of nitrogens with zero attached hydrogens (tertiary/aromatic N) is 1. The number of fused-ring (bicyclic) bond motifs is 5. The Balaban J connectivity index is 1.32. The molecule has 5 rings (SSSR count). The topological polar surface area (TPSA) is 29.5 Å². The molecule has 0 saturated carbocycles. The van der Waals surface area contributed by atoms with Gasteiger partial charge < -0.3 is 9.64 Å². The van der Waals surface area contributed by atoms with Crippen LogP contribution >= 0.6 is 0 Å². The first-order valence-electron chi connectivity index (χ1n) is 10.8. The number of terminal acetylenes is 1. The largest absolute Gasteiger partial charge is 0.448 e. The summed E-state index contributed by atoms with van der Waals surface area (Å²) in [7, 11) is 0. The maximum absolute atomic E-state index is 13.1. The van der Waals surface area contributed by atoms with Crippen molar-refractivity contribution in [3.05, 3.63) is 59.7 Å². The normalized spacial score (nSPS) is 25.1. The van der Waals surface area contributed by atoms with Crippen molar-refractivity contribution in [3.8, 4) is 23.5 Å². The Labute approximate surface area is 173 Å². The first-order valence-corrected chi connectivity index (χ1v) is 10.8. The van der Waals surface area contributed by atoms with Crippen molar-refractivity contribution in [2.24, 2.45) is 5.92 Å². The zero-order valence-electron chi connectivity index (χ0n) is 16.7. The number of ether oxygens (including phenoxy) is 1. The van der Waals surface area contributed by atoms with E-state index in [2.05, 4.69) is 54.5 Å². The molecule has 29 heavy (non-hydrogen) atoms. The second-order valence-corrected chi connectivity index (χ2v) is 8.70. The second kappa shape index (κ2) is 7.59. The molecule has 2 aromatic carbocycles. The van der Waals surface area contributed by atoms with Crippen LogP contribution in [-0.4, -0.2) is 29.7 Å². The fraction of sp³-hybridized carbons (Fsp3) is 0.423. The van der Waals surface area contributed by atoms with Gasteiger partial charge in [-0.25, -0.2) is 4.79 Å². The van der Waals surface area contributed by atoms with E-state index in [0.29, 0.717) is 12.5 Å². The Morgan fingerprint density at radius 3 is 2.17 bits per heavy atom. The molecule has 2 saturated heterocycles. The van der Waals surface area contributed by atoms with Gasteiger partial charge in [-0.3, -0.25) is 0 Å². The minimum atomic E-state index is -0.138. The molecule has 2 aromatic rings. The number of rotatable bonds is 3. The molecule has 2 bridgehead atoms. The molecule has 3 aliphatic rings. The molecular weight excluding hydrogens is 358 g/mol. The summed E-state index contributed by atoms with van der Waals surface area (Å²) in [5, 5.41) is 0. The lowest BCUT2D eigenvalue weighted by molar-refractivity contribution is 0.00591. The van der Waals surface area contributed by atoms with Crippen molar-refractivity contribution in [2.45, 2.75) is 56.5 Å². The molecule has 0 N–H and O–H groups in total. The maximum atomic E-state index is 13.1. The molecular formula is C26H27NO2.